The molecule has 33 heavy (non-hydrogen) atoms. The van der Waals surface area contributed by atoms with Gasteiger partial charge in [-0.05, 0) is 65.3 Å². The summed E-state index contributed by atoms with van der Waals surface area (Å²) in [5.41, 5.74) is 14.2. The molecule has 3 aromatic carbocycles. The number of hydrogen-bond acceptors (Lipinski definition) is 0. The zero-order chi connectivity index (χ0) is 23.5. The van der Waals surface area contributed by atoms with E-state index >= 15 is 0 Å². The number of aromatic nitrogens is 1. The molecular formula is C31H29N2+. The Kier molecular flexibility index (Phi) is 4.76. The molecule has 1 heterocycles. The Morgan fingerprint density at radius 2 is 1.39 bits per heavy atom. The van der Waals surface area contributed by atoms with E-state index in [2.05, 4.69) is 106 Å². The van der Waals surface area contributed by atoms with Crippen LogP contribution in [0.5, 0.6) is 0 Å². The van der Waals surface area contributed by atoms with E-state index in [0.717, 1.165) is 16.8 Å². The van der Waals surface area contributed by atoms with E-state index in [1.165, 1.54) is 50.2 Å². The van der Waals surface area contributed by atoms with E-state index in [0.29, 0.717) is 0 Å². The van der Waals surface area contributed by atoms with Crippen molar-refractivity contribution in [2.45, 2.75) is 40.0 Å². The summed E-state index contributed by atoms with van der Waals surface area (Å²) in [6, 6.07) is 21.4. The molecule has 0 aliphatic heterocycles. The first-order valence-electron chi connectivity index (χ1n) is 11.5. The Balaban J connectivity index is 1.88. The molecule has 0 saturated heterocycles. The molecule has 2 heteroatoms. The summed E-state index contributed by atoms with van der Waals surface area (Å²) in [6.07, 6.45) is 2.23. The Morgan fingerprint density at radius 3 is 2.06 bits per heavy atom. The highest BCUT2D eigenvalue weighted by atomic mass is 14.9. The van der Waals surface area contributed by atoms with Crippen molar-refractivity contribution in [2.75, 3.05) is 0 Å². The maximum atomic E-state index is 7.89. The van der Waals surface area contributed by atoms with E-state index in [9.17, 15) is 0 Å². The van der Waals surface area contributed by atoms with E-state index in [1.807, 2.05) is 12.1 Å². The predicted octanol–water partition coefficient (Wildman–Crippen LogP) is 7.63. The van der Waals surface area contributed by atoms with Gasteiger partial charge in [-0.2, -0.15) is 0 Å². The van der Waals surface area contributed by atoms with E-state index < -0.39 is 0 Å². The first kappa shape index (κ1) is 21.2. The van der Waals surface area contributed by atoms with Gasteiger partial charge in [0.05, 0.1) is 12.1 Å². The van der Waals surface area contributed by atoms with Crippen LogP contribution in [0.1, 0.15) is 41.7 Å². The highest BCUT2D eigenvalue weighted by molar-refractivity contribution is 5.96. The van der Waals surface area contributed by atoms with Gasteiger partial charge in [-0.25, -0.2) is 9.41 Å². The molecule has 0 bridgehead atoms. The largest absolute Gasteiger partial charge is 0.238 e. The van der Waals surface area contributed by atoms with E-state index in [1.54, 1.807) is 0 Å². The first-order chi connectivity index (χ1) is 15.8. The third kappa shape index (κ3) is 3.04. The second-order valence-electron chi connectivity index (χ2n) is 9.80. The summed E-state index contributed by atoms with van der Waals surface area (Å²) in [5.74, 6) is 0. The smallest absolute Gasteiger partial charge is 0.213 e. The van der Waals surface area contributed by atoms with Gasteiger partial charge in [0.15, 0.2) is 11.9 Å². The molecule has 0 radical (unpaired) electrons. The third-order valence-corrected chi connectivity index (χ3v) is 7.32. The molecule has 2 nitrogen and oxygen atoms in total. The van der Waals surface area contributed by atoms with Crippen molar-refractivity contribution in [3.8, 4) is 33.5 Å². The van der Waals surface area contributed by atoms with Gasteiger partial charge in [0, 0.05) is 17.0 Å². The second-order valence-corrected chi connectivity index (χ2v) is 9.80. The van der Waals surface area contributed by atoms with Crippen molar-refractivity contribution in [3.05, 3.63) is 106 Å². The van der Waals surface area contributed by atoms with Crippen LogP contribution in [0, 0.1) is 27.3 Å². The molecule has 4 aromatic rings. The number of hydrogen-bond donors (Lipinski definition) is 0. The number of rotatable bonds is 2. The van der Waals surface area contributed by atoms with Crippen LogP contribution >= 0.6 is 0 Å². The van der Waals surface area contributed by atoms with Gasteiger partial charge >= 0.3 is 0 Å². The Morgan fingerprint density at radius 1 is 0.758 bits per heavy atom. The van der Waals surface area contributed by atoms with Crippen LogP contribution in [0.15, 0.2) is 66.9 Å². The van der Waals surface area contributed by atoms with Gasteiger partial charge in [-0.3, -0.25) is 0 Å². The molecule has 0 atom stereocenters. The summed E-state index contributed by atoms with van der Waals surface area (Å²) in [6.45, 7) is 19.1. The number of pyridine rings is 1. The van der Waals surface area contributed by atoms with Gasteiger partial charge < -0.3 is 0 Å². The average molecular weight is 430 g/mol. The molecule has 0 N–H and O–H groups in total. The summed E-state index contributed by atoms with van der Waals surface area (Å²) in [4.78, 5) is 3.93. The van der Waals surface area contributed by atoms with Crippen LogP contribution in [-0.4, -0.2) is 0 Å². The lowest BCUT2D eigenvalue weighted by molar-refractivity contribution is -0.660. The van der Waals surface area contributed by atoms with Crippen molar-refractivity contribution in [2.24, 2.45) is 7.05 Å². The quantitative estimate of drug-likeness (QED) is 0.229. The van der Waals surface area contributed by atoms with Crippen molar-refractivity contribution < 1.29 is 4.57 Å². The Bertz CT molecular complexity index is 1470. The first-order valence-corrected chi connectivity index (χ1v) is 11.5. The topological polar surface area (TPSA) is 8.24 Å². The fourth-order valence-corrected chi connectivity index (χ4v) is 5.62. The lowest BCUT2D eigenvalue weighted by atomic mass is 9.75. The molecule has 1 aliphatic carbocycles. The molecule has 0 spiro atoms. The second kappa shape index (κ2) is 7.42. The van der Waals surface area contributed by atoms with Gasteiger partial charge in [-0.1, -0.05) is 68.4 Å². The molecule has 0 fully saturated rings. The lowest BCUT2D eigenvalue weighted by Gasteiger charge is -2.27. The van der Waals surface area contributed by atoms with Gasteiger partial charge in [0.25, 0.3) is 0 Å². The van der Waals surface area contributed by atoms with Crippen molar-refractivity contribution in [1.29, 1.82) is 0 Å². The van der Waals surface area contributed by atoms with Crippen LogP contribution in [0.4, 0.5) is 5.69 Å². The molecule has 1 aliphatic rings. The zero-order valence-corrected chi connectivity index (χ0v) is 20.2. The number of benzene rings is 3. The van der Waals surface area contributed by atoms with Crippen LogP contribution in [0.2, 0.25) is 0 Å². The van der Waals surface area contributed by atoms with Crippen molar-refractivity contribution >= 4 is 5.69 Å². The SMILES string of the molecule is [C-]#[N+]c1ccc2c(c1-c1ccccc1)C(C)(C)c1c-2ccc(C)c1-c1cc(C)c(C)c[n+]1C. The molecule has 1 aromatic heterocycles. The Labute approximate surface area is 197 Å². The van der Waals surface area contributed by atoms with E-state index in [4.69, 9.17) is 6.57 Å². The minimum Gasteiger partial charge on any atom is -0.238 e. The molecule has 0 saturated carbocycles. The van der Waals surface area contributed by atoms with Crippen LogP contribution in [0.3, 0.4) is 0 Å². The highest BCUT2D eigenvalue weighted by Gasteiger charge is 2.42. The van der Waals surface area contributed by atoms with Gasteiger partial charge in [0.1, 0.15) is 7.05 Å². The van der Waals surface area contributed by atoms with Gasteiger partial charge in [-0.15, -0.1) is 0 Å². The summed E-state index contributed by atoms with van der Waals surface area (Å²) >= 11 is 0. The Hall–Kier alpha value is -3.70. The molecule has 0 unspecified atom stereocenters. The van der Waals surface area contributed by atoms with Crippen molar-refractivity contribution in [1.82, 2.24) is 0 Å². The van der Waals surface area contributed by atoms with Crippen LogP contribution in [0.25, 0.3) is 38.4 Å². The van der Waals surface area contributed by atoms with E-state index in [-0.39, 0.29) is 5.41 Å². The molecule has 162 valence electrons. The lowest BCUT2D eigenvalue weighted by Crippen LogP contribution is -2.32. The fraction of sp³-hybridized carbons (Fsp3) is 0.226. The standard InChI is InChI=1S/C31H29N2/c1-19-13-14-23-24-15-16-25(32-6)28(22-11-9-8-10-12-22)30(24)31(4,5)29(23)27(19)26-17-20(2)21(3)18-33(26)7/h8-18H,1-5,7H3/q+1. The summed E-state index contributed by atoms with van der Waals surface area (Å²) < 4.78 is 2.26. The minimum atomic E-state index is -0.246. The molecule has 5 rings (SSSR count). The maximum Gasteiger partial charge on any atom is 0.213 e. The van der Waals surface area contributed by atoms with Gasteiger partial charge in [0.2, 0.25) is 5.69 Å². The minimum absolute atomic E-state index is 0.246. The number of nitrogens with zero attached hydrogens (tertiary/aromatic N) is 2. The predicted molar refractivity (Wildman–Crippen MR) is 137 cm³/mol. The van der Waals surface area contributed by atoms with Crippen LogP contribution < -0.4 is 4.57 Å². The van der Waals surface area contributed by atoms with Crippen LogP contribution in [-0.2, 0) is 12.5 Å². The summed E-state index contributed by atoms with van der Waals surface area (Å²) in [7, 11) is 2.14. The number of aryl methyl sites for hydroxylation is 4. The number of fused-ring (bicyclic) bond motifs is 3. The fourth-order valence-electron chi connectivity index (χ4n) is 5.62. The normalized spacial score (nSPS) is 13.4. The highest BCUT2D eigenvalue weighted by Crippen LogP contribution is 2.57. The monoisotopic (exact) mass is 429 g/mol. The van der Waals surface area contributed by atoms with Crippen molar-refractivity contribution in [3.63, 3.8) is 0 Å². The molecule has 0 amide bonds. The summed E-state index contributed by atoms with van der Waals surface area (Å²) in [5, 5.41) is 0. The third-order valence-electron chi connectivity index (χ3n) is 7.32. The maximum absolute atomic E-state index is 7.89. The zero-order valence-electron chi connectivity index (χ0n) is 20.2. The average Bonchev–Trinajstić information content (AvgIpc) is 3.03. The molecular weight excluding hydrogens is 400 g/mol.